The zero-order valence-corrected chi connectivity index (χ0v) is 18.2. The minimum atomic E-state index is -0.864. The van der Waals surface area contributed by atoms with Crippen LogP contribution in [-0.2, 0) is 23.6 Å². The van der Waals surface area contributed by atoms with Crippen LogP contribution in [0.1, 0.15) is 50.5 Å². The topological polar surface area (TPSA) is 63.2 Å². The molecule has 1 heterocycles. The third-order valence-electron chi connectivity index (χ3n) is 7.06. The molecule has 3 aliphatic rings. The Bertz CT molecular complexity index is 878. The molecule has 0 N–H and O–H groups in total. The number of hydrogen-bond donors (Lipinski definition) is 0. The van der Waals surface area contributed by atoms with Crippen LogP contribution in [0, 0.1) is 5.41 Å². The Hall–Kier alpha value is -1.67. The number of carbonyl (C=O) groups excluding carboxylic acids is 1. The van der Waals surface area contributed by atoms with Crippen LogP contribution < -0.4 is 4.74 Å². The van der Waals surface area contributed by atoms with Crippen LogP contribution in [0.3, 0.4) is 0 Å². The van der Waals surface area contributed by atoms with Gasteiger partial charge in [0, 0.05) is 31.6 Å². The Morgan fingerprint density at radius 3 is 2.45 bits per heavy atom. The molecule has 4 atom stereocenters. The summed E-state index contributed by atoms with van der Waals surface area (Å²) in [6.45, 7) is 7.99. The molecule has 1 saturated heterocycles. The van der Waals surface area contributed by atoms with Gasteiger partial charge in [-0.15, -0.1) is 0 Å². The maximum atomic E-state index is 13.2. The lowest BCUT2D eigenvalue weighted by Crippen LogP contribution is -2.58. The van der Waals surface area contributed by atoms with E-state index in [9.17, 15) is 4.79 Å². The van der Waals surface area contributed by atoms with Crippen LogP contribution in [0.4, 0.5) is 0 Å². The van der Waals surface area contributed by atoms with Crippen molar-refractivity contribution < 1.29 is 28.3 Å². The fourth-order valence-electron chi connectivity index (χ4n) is 5.68. The third kappa shape index (κ3) is 2.61. The number of methoxy groups -OCH3 is 3. The Kier molecular flexibility index (Phi) is 4.93. The number of ketones is 1. The molecule has 1 aromatic carbocycles. The smallest absolute Gasteiger partial charge is 0.454 e. The summed E-state index contributed by atoms with van der Waals surface area (Å²) < 4.78 is 30.5. The molecule has 2 bridgehead atoms. The van der Waals surface area contributed by atoms with Crippen molar-refractivity contribution in [2.24, 2.45) is 5.41 Å². The molecule has 2 aliphatic carbocycles. The minimum absolute atomic E-state index is 0.0530. The lowest BCUT2D eigenvalue weighted by molar-refractivity contribution is -0.135. The predicted octanol–water partition coefficient (Wildman–Crippen LogP) is 3.67. The largest absolute Gasteiger partial charge is 0.496 e. The first kappa shape index (κ1) is 20.6. The second-order valence-corrected chi connectivity index (χ2v) is 8.63. The number of allylic oxidation sites excluding steroid dienone is 1. The lowest BCUT2D eigenvalue weighted by atomic mass is 9.55. The van der Waals surface area contributed by atoms with E-state index >= 15 is 0 Å². The fourth-order valence-corrected chi connectivity index (χ4v) is 5.68. The summed E-state index contributed by atoms with van der Waals surface area (Å²) >= 11 is 0. The van der Waals surface area contributed by atoms with E-state index < -0.39 is 36.4 Å². The van der Waals surface area contributed by atoms with Crippen molar-refractivity contribution in [3.05, 3.63) is 40.5 Å². The summed E-state index contributed by atoms with van der Waals surface area (Å²) in [5.74, 6) is 0.747. The van der Waals surface area contributed by atoms with Crippen LogP contribution >= 0.6 is 0 Å². The number of fused-ring (bicyclic) bond motifs is 3. The summed E-state index contributed by atoms with van der Waals surface area (Å²) in [5.41, 5.74) is 2.05. The average molecular weight is 400 g/mol. The Balaban J connectivity index is 2.13. The van der Waals surface area contributed by atoms with Crippen LogP contribution in [0.2, 0.25) is 6.82 Å². The van der Waals surface area contributed by atoms with E-state index in [0.29, 0.717) is 5.75 Å². The van der Waals surface area contributed by atoms with Gasteiger partial charge < -0.3 is 23.5 Å². The van der Waals surface area contributed by atoms with Gasteiger partial charge >= 0.3 is 7.12 Å². The van der Waals surface area contributed by atoms with E-state index in [-0.39, 0.29) is 12.2 Å². The van der Waals surface area contributed by atoms with Crippen molar-refractivity contribution in [1.29, 1.82) is 0 Å². The molecular formula is C22H29BO6. The average Bonchev–Trinajstić information content (AvgIpc) is 3.02. The number of Topliss-reactive ketones (excluding diaryl/α,β-unsaturated/α-hetero) is 1. The molecule has 0 saturated carbocycles. The van der Waals surface area contributed by atoms with Crippen molar-refractivity contribution in [1.82, 2.24) is 0 Å². The van der Waals surface area contributed by atoms with Gasteiger partial charge in [0.25, 0.3) is 0 Å². The molecule has 6 nitrogen and oxygen atoms in total. The third-order valence-corrected chi connectivity index (χ3v) is 7.06. The highest BCUT2D eigenvalue weighted by Gasteiger charge is 2.66. The summed E-state index contributed by atoms with van der Waals surface area (Å²) in [7, 11) is 4.51. The molecule has 4 rings (SSSR count). The van der Waals surface area contributed by atoms with Gasteiger partial charge in [0.15, 0.2) is 5.78 Å². The Labute approximate surface area is 172 Å². The van der Waals surface area contributed by atoms with Crippen LogP contribution in [0.5, 0.6) is 5.75 Å². The number of rotatable bonds is 3. The minimum Gasteiger partial charge on any atom is -0.496 e. The maximum absolute atomic E-state index is 13.2. The summed E-state index contributed by atoms with van der Waals surface area (Å²) in [4.78, 5) is 13.2. The fraction of sp³-hybridized carbons (Fsp3) is 0.591. The summed E-state index contributed by atoms with van der Waals surface area (Å²) in [6.07, 6.45) is -1.09. The van der Waals surface area contributed by atoms with Gasteiger partial charge in [-0.2, -0.15) is 0 Å². The first-order valence-electron chi connectivity index (χ1n) is 10.0. The number of ether oxygens (including phenoxy) is 3. The molecule has 1 aliphatic heterocycles. The monoisotopic (exact) mass is 400 g/mol. The summed E-state index contributed by atoms with van der Waals surface area (Å²) in [5, 5.41) is 0. The van der Waals surface area contributed by atoms with Crippen molar-refractivity contribution >= 4 is 12.9 Å². The molecule has 0 radical (unpaired) electrons. The van der Waals surface area contributed by atoms with E-state index in [2.05, 4.69) is 13.8 Å². The highest BCUT2D eigenvalue weighted by Crippen LogP contribution is 2.63. The molecule has 0 unspecified atom stereocenters. The molecule has 0 aromatic heterocycles. The van der Waals surface area contributed by atoms with E-state index in [4.69, 9.17) is 23.5 Å². The maximum Gasteiger partial charge on any atom is 0.454 e. The van der Waals surface area contributed by atoms with Gasteiger partial charge in [-0.05, 0) is 36.5 Å². The second-order valence-electron chi connectivity index (χ2n) is 8.63. The van der Waals surface area contributed by atoms with Gasteiger partial charge in [-0.25, -0.2) is 0 Å². The highest BCUT2D eigenvalue weighted by atomic mass is 16.7. The molecular weight excluding hydrogens is 371 g/mol. The van der Waals surface area contributed by atoms with E-state index in [1.54, 1.807) is 21.3 Å². The predicted molar refractivity (Wildman–Crippen MR) is 109 cm³/mol. The molecule has 1 aromatic rings. The number of carbonyl (C=O) groups is 1. The second kappa shape index (κ2) is 6.94. The SMILES string of the molecule is COc1cccc2c1[C@@H]1OB(C)O[C@]13CC(=O)C(C)=C([C@@H](OC)[C@@H]2OC)C3(C)C. The van der Waals surface area contributed by atoms with E-state index in [0.717, 1.165) is 22.3 Å². The molecule has 29 heavy (non-hydrogen) atoms. The molecule has 7 heteroatoms. The Morgan fingerprint density at radius 2 is 1.83 bits per heavy atom. The van der Waals surface area contributed by atoms with Gasteiger partial charge in [0.1, 0.15) is 24.1 Å². The van der Waals surface area contributed by atoms with Crippen LogP contribution in [-0.4, -0.2) is 45.9 Å². The van der Waals surface area contributed by atoms with Gasteiger partial charge in [0.05, 0.1) is 12.7 Å². The van der Waals surface area contributed by atoms with Crippen molar-refractivity contribution in [2.75, 3.05) is 21.3 Å². The summed E-state index contributed by atoms with van der Waals surface area (Å²) in [6, 6.07) is 5.87. The van der Waals surface area contributed by atoms with Crippen LogP contribution in [0.15, 0.2) is 29.3 Å². The van der Waals surface area contributed by atoms with Gasteiger partial charge in [0.2, 0.25) is 0 Å². The zero-order chi connectivity index (χ0) is 21.1. The normalized spacial score (nSPS) is 33.1. The van der Waals surface area contributed by atoms with E-state index in [1.165, 1.54) is 0 Å². The van der Waals surface area contributed by atoms with Gasteiger partial charge in [-0.1, -0.05) is 26.0 Å². The van der Waals surface area contributed by atoms with Crippen molar-refractivity contribution in [3.63, 3.8) is 0 Å². The zero-order valence-electron chi connectivity index (χ0n) is 18.2. The first-order valence-corrected chi connectivity index (χ1v) is 10.0. The van der Waals surface area contributed by atoms with Crippen molar-refractivity contribution in [2.45, 2.75) is 57.9 Å². The van der Waals surface area contributed by atoms with E-state index in [1.807, 2.05) is 31.9 Å². The Morgan fingerprint density at radius 1 is 1.14 bits per heavy atom. The standard InChI is InChI=1S/C22H29BO6/c1-12-14(24)11-22-20(28-23(4)29-22)16-13(9-8-10-15(16)25-5)18(26-6)19(27-7)17(12)21(22,2)3/h8-10,18-20H,11H2,1-7H3/t18-,19-,20+,22-/m1/s1. The highest BCUT2D eigenvalue weighted by molar-refractivity contribution is 6.43. The van der Waals surface area contributed by atoms with Crippen LogP contribution in [0.25, 0.3) is 0 Å². The molecule has 1 spiro atoms. The van der Waals surface area contributed by atoms with Crippen molar-refractivity contribution in [3.8, 4) is 5.75 Å². The first-order chi connectivity index (χ1) is 13.7. The molecule has 156 valence electrons. The number of hydrogen-bond acceptors (Lipinski definition) is 6. The van der Waals surface area contributed by atoms with Gasteiger partial charge in [-0.3, -0.25) is 4.79 Å². The molecule has 0 amide bonds. The lowest BCUT2D eigenvalue weighted by Gasteiger charge is -2.55. The molecule has 1 fully saturated rings. The number of benzene rings is 1. The quantitative estimate of drug-likeness (QED) is 0.722.